The van der Waals surface area contributed by atoms with E-state index in [1.165, 1.54) is 18.1 Å². The molecule has 3 fully saturated rings. The van der Waals surface area contributed by atoms with Gasteiger partial charge < -0.3 is 14.2 Å². The molecule has 2 saturated carbocycles. The van der Waals surface area contributed by atoms with Gasteiger partial charge in [-0.15, -0.1) is 0 Å². The molecule has 0 aromatic carbocycles. The van der Waals surface area contributed by atoms with Crippen LogP contribution >= 0.6 is 0 Å². The van der Waals surface area contributed by atoms with Crippen molar-refractivity contribution in [1.29, 1.82) is 0 Å². The largest absolute Gasteiger partial charge is 0.458 e. The first kappa shape index (κ1) is 21.8. The van der Waals surface area contributed by atoms with Gasteiger partial charge in [-0.1, -0.05) is 30.2 Å². The van der Waals surface area contributed by atoms with Crippen molar-refractivity contribution in [2.45, 2.75) is 77.8 Å². The van der Waals surface area contributed by atoms with Crippen LogP contribution in [0, 0.1) is 22.7 Å². The zero-order valence-electron chi connectivity index (χ0n) is 19.5. The summed E-state index contributed by atoms with van der Waals surface area (Å²) in [7, 11) is 0. The van der Waals surface area contributed by atoms with E-state index in [2.05, 4.69) is 26.0 Å². The smallest absolute Gasteiger partial charge is 0.303 e. The van der Waals surface area contributed by atoms with Gasteiger partial charge in [0.2, 0.25) is 5.78 Å². The number of rotatable bonds is 3. The highest BCUT2D eigenvalue weighted by Gasteiger charge is 2.74. The molecule has 6 atom stereocenters. The van der Waals surface area contributed by atoms with E-state index in [9.17, 15) is 14.4 Å². The molecule has 5 aliphatic rings. The lowest BCUT2D eigenvalue weighted by Crippen LogP contribution is -2.59. The molecule has 6 unspecified atom stereocenters. The molecular weight excluding hydrogens is 408 g/mol. The summed E-state index contributed by atoms with van der Waals surface area (Å²) >= 11 is 0. The highest BCUT2D eigenvalue weighted by molar-refractivity contribution is 6.01. The van der Waals surface area contributed by atoms with Crippen LogP contribution in [0.4, 0.5) is 0 Å². The lowest BCUT2D eigenvalue weighted by Gasteiger charge is -2.54. The maximum absolute atomic E-state index is 13.6. The second-order valence-electron chi connectivity index (χ2n) is 10.9. The Morgan fingerprint density at radius 1 is 1.22 bits per heavy atom. The number of hydrogen-bond donors (Lipinski definition) is 0. The van der Waals surface area contributed by atoms with Crippen LogP contribution in [0.2, 0.25) is 0 Å². The summed E-state index contributed by atoms with van der Waals surface area (Å²) in [5.41, 5.74) is 0.675. The Morgan fingerprint density at radius 2 is 1.97 bits per heavy atom. The number of ether oxygens (including phenoxy) is 3. The van der Waals surface area contributed by atoms with E-state index in [0.717, 1.165) is 19.3 Å². The Morgan fingerprint density at radius 3 is 2.69 bits per heavy atom. The van der Waals surface area contributed by atoms with Crippen molar-refractivity contribution in [2.24, 2.45) is 22.7 Å². The highest BCUT2D eigenvalue weighted by Crippen LogP contribution is 2.68. The van der Waals surface area contributed by atoms with Gasteiger partial charge in [-0.05, 0) is 70.4 Å². The number of ketones is 2. The molecule has 172 valence electrons. The molecule has 4 aliphatic carbocycles. The third-order valence-corrected chi connectivity index (χ3v) is 8.76. The van der Waals surface area contributed by atoms with Crippen LogP contribution in [0.25, 0.3) is 0 Å². The minimum absolute atomic E-state index is 0.0617. The molecule has 1 heterocycles. The Labute approximate surface area is 189 Å². The summed E-state index contributed by atoms with van der Waals surface area (Å²) < 4.78 is 17.9. The molecule has 1 saturated heterocycles. The first-order valence-corrected chi connectivity index (χ1v) is 11.6. The highest BCUT2D eigenvalue weighted by atomic mass is 16.8. The topological polar surface area (TPSA) is 78.9 Å². The van der Waals surface area contributed by atoms with E-state index in [0.29, 0.717) is 6.42 Å². The predicted octanol–water partition coefficient (Wildman–Crippen LogP) is 3.85. The molecule has 6 nitrogen and oxygen atoms in total. The van der Waals surface area contributed by atoms with Crippen LogP contribution in [0.15, 0.2) is 35.5 Å². The SMILES string of the molecule is CC(=O)OCC(=O)C12OC(C)(C)OC1CC1C3CCC4=CC(=O)C=CC4(C)C3=CCC12C. The second-order valence-corrected chi connectivity index (χ2v) is 10.9. The fourth-order valence-corrected chi connectivity index (χ4v) is 7.40. The van der Waals surface area contributed by atoms with E-state index in [1.807, 2.05) is 13.8 Å². The van der Waals surface area contributed by atoms with Crippen molar-refractivity contribution in [1.82, 2.24) is 0 Å². The molecule has 1 aliphatic heterocycles. The van der Waals surface area contributed by atoms with Crippen LogP contribution in [-0.4, -0.2) is 41.6 Å². The van der Waals surface area contributed by atoms with Gasteiger partial charge in [-0.3, -0.25) is 14.4 Å². The minimum atomic E-state index is -1.14. The fraction of sp³-hybridized carbons (Fsp3) is 0.654. The summed E-state index contributed by atoms with van der Waals surface area (Å²) in [6.07, 6.45) is 10.7. The third-order valence-electron chi connectivity index (χ3n) is 8.76. The number of allylic oxidation sites excluding steroid dienone is 6. The Hall–Kier alpha value is -2.05. The van der Waals surface area contributed by atoms with Crippen molar-refractivity contribution in [3.8, 4) is 0 Å². The first-order chi connectivity index (χ1) is 14.9. The van der Waals surface area contributed by atoms with Gasteiger partial charge in [-0.2, -0.15) is 0 Å². The lowest BCUT2D eigenvalue weighted by atomic mass is 9.51. The number of Topliss-reactive ketones (excluding diaryl/α,β-unsaturated/α-hetero) is 1. The molecule has 6 heteroatoms. The zero-order chi connectivity index (χ0) is 23.1. The van der Waals surface area contributed by atoms with Gasteiger partial charge in [0.05, 0.1) is 6.10 Å². The molecule has 0 amide bonds. The average Bonchev–Trinajstić information content (AvgIpc) is 3.12. The normalized spacial score (nSPS) is 43.4. The standard InChI is InChI=1S/C26H32O6/c1-15(27)30-14-21(29)26-22(31-23(2,3)32-26)13-20-18-7-6-16-12-17(28)8-10-24(16,4)19(18)9-11-25(20,26)5/h8-10,12,18,20,22H,6-7,11,13-14H2,1-5H3. The maximum Gasteiger partial charge on any atom is 0.303 e. The fourth-order valence-electron chi connectivity index (χ4n) is 7.40. The lowest BCUT2D eigenvalue weighted by molar-refractivity contribution is -0.206. The summed E-state index contributed by atoms with van der Waals surface area (Å²) in [4.78, 5) is 37.0. The Balaban J connectivity index is 1.57. The number of carbonyl (C=O) groups is 3. The van der Waals surface area contributed by atoms with Crippen LogP contribution < -0.4 is 0 Å². The van der Waals surface area contributed by atoms with Gasteiger partial charge in [0, 0.05) is 17.8 Å². The molecule has 0 radical (unpaired) electrons. The average molecular weight is 441 g/mol. The Kier molecular flexibility index (Phi) is 4.58. The summed E-state index contributed by atoms with van der Waals surface area (Å²) in [6.45, 7) is 9.05. The van der Waals surface area contributed by atoms with Crippen LogP contribution in [-0.2, 0) is 28.6 Å². The summed E-state index contributed by atoms with van der Waals surface area (Å²) in [6, 6.07) is 0. The quantitative estimate of drug-likeness (QED) is 0.490. The number of carbonyl (C=O) groups excluding carboxylic acids is 3. The zero-order valence-corrected chi connectivity index (χ0v) is 19.5. The van der Waals surface area contributed by atoms with Crippen molar-refractivity contribution in [3.63, 3.8) is 0 Å². The molecule has 32 heavy (non-hydrogen) atoms. The minimum Gasteiger partial charge on any atom is -0.458 e. The number of hydrogen-bond acceptors (Lipinski definition) is 6. The molecule has 0 aromatic rings. The first-order valence-electron chi connectivity index (χ1n) is 11.6. The van der Waals surface area contributed by atoms with Gasteiger partial charge >= 0.3 is 5.97 Å². The molecule has 0 N–H and O–H groups in total. The van der Waals surface area contributed by atoms with Crippen molar-refractivity contribution in [3.05, 3.63) is 35.5 Å². The Bertz CT molecular complexity index is 1000. The summed E-state index contributed by atoms with van der Waals surface area (Å²) in [5.74, 6) is -1.02. The molecular formula is C26H32O6. The van der Waals surface area contributed by atoms with E-state index < -0.39 is 22.8 Å². The van der Waals surface area contributed by atoms with Gasteiger partial charge in [0.1, 0.15) is 0 Å². The van der Waals surface area contributed by atoms with E-state index >= 15 is 0 Å². The third kappa shape index (κ3) is 2.75. The molecule has 0 bridgehead atoms. The molecule has 0 spiro atoms. The molecule has 5 rings (SSSR count). The maximum atomic E-state index is 13.6. The predicted molar refractivity (Wildman–Crippen MR) is 116 cm³/mol. The van der Waals surface area contributed by atoms with Gasteiger partial charge in [0.15, 0.2) is 23.8 Å². The van der Waals surface area contributed by atoms with Crippen LogP contribution in [0.5, 0.6) is 0 Å². The van der Waals surface area contributed by atoms with Crippen molar-refractivity contribution in [2.75, 3.05) is 6.61 Å². The monoisotopic (exact) mass is 440 g/mol. The van der Waals surface area contributed by atoms with Gasteiger partial charge in [-0.25, -0.2) is 0 Å². The van der Waals surface area contributed by atoms with E-state index in [-0.39, 0.29) is 41.5 Å². The number of esters is 1. The second kappa shape index (κ2) is 6.73. The van der Waals surface area contributed by atoms with E-state index in [1.54, 1.807) is 12.2 Å². The van der Waals surface area contributed by atoms with Crippen molar-refractivity contribution >= 4 is 17.5 Å². The summed E-state index contributed by atoms with van der Waals surface area (Å²) in [5, 5.41) is 0. The van der Waals surface area contributed by atoms with Crippen LogP contribution in [0.3, 0.4) is 0 Å². The van der Waals surface area contributed by atoms with Crippen LogP contribution in [0.1, 0.15) is 60.3 Å². The van der Waals surface area contributed by atoms with Crippen molar-refractivity contribution < 1.29 is 28.6 Å². The van der Waals surface area contributed by atoms with Gasteiger partial charge in [0.25, 0.3) is 0 Å². The van der Waals surface area contributed by atoms with E-state index in [4.69, 9.17) is 14.2 Å². The molecule has 0 aromatic heterocycles. The number of fused-ring (bicyclic) bond motifs is 7.